The number of hydrogen-bond acceptors (Lipinski definition) is 4. The molecule has 0 radical (unpaired) electrons. The second-order valence-corrected chi connectivity index (χ2v) is 8.38. The fourth-order valence-corrected chi connectivity index (χ4v) is 3.83. The molecule has 1 aromatic heterocycles. The molecule has 0 spiro atoms. The van der Waals surface area contributed by atoms with Crippen LogP contribution in [0.5, 0.6) is 5.88 Å². The predicted molar refractivity (Wildman–Crippen MR) is 118 cm³/mol. The van der Waals surface area contributed by atoms with Crippen LogP contribution in [0, 0.1) is 5.82 Å². The molecule has 4 nitrogen and oxygen atoms in total. The largest absolute Gasteiger partial charge is 0.473 e. The summed E-state index contributed by atoms with van der Waals surface area (Å²) in [4.78, 5) is 6.00. The molecule has 1 aromatic carbocycles. The van der Waals surface area contributed by atoms with Crippen LogP contribution in [0.2, 0.25) is 0 Å². The van der Waals surface area contributed by atoms with Crippen molar-refractivity contribution in [2.45, 2.75) is 38.7 Å². The number of pyridine rings is 1. The Morgan fingerprint density at radius 2 is 2.00 bits per heavy atom. The molecule has 3 rings (SSSR count). The number of nitrogens with two attached hydrogens (primary N) is 1. The third-order valence-electron chi connectivity index (χ3n) is 5.22. The third-order valence-corrected chi connectivity index (χ3v) is 5.22. The Hall–Kier alpha value is -2.80. The number of likely N-dealkylation sites (N-methyl/N-ethyl adjacent to an activating group) is 1. The molecule has 0 aliphatic carbocycles. The summed E-state index contributed by atoms with van der Waals surface area (Å²) in [5.41, 5.74) is 9.82. The van der Waals surface area contributed by atoms with Gasteiger partial charge in [-0.3, -0.25) is 4.90 Å². The molecule has 7 heteroatoms. The highest BCUT2D eigenvalue weighted by Gasteiger charge is 2.29. The first-order chi connectivity index (χ1) is 14.4. The minimum Gasteiger partial charge on any atom is -0.473 e. The number of halogens is 3. The maximum absolute atomic E-state index is 15.0. The van der Waals surface area contributed by atoms with Gasteiger partial charge in [-0.05, 0) is 50.1 Å². The van der Waals surface area contributed by atoms with Crippen LogP contribution in [-0.2, 0) is 6.42 Å². The number of nitrogens with zero attached hydrogens (tertiary/aromatic N) is 2. The van der Waals surface area contributed by atoms with E-state index in [2.05, 4.69) is 18.1 Å². The Morgan fingerprint density at radius 3 is 2.58 bits per heavy atom. The number of allylic oxidation sites excluding steroid dienone is 1. The van der Waals surface area contributed by atoms with E-state index < -0.39 is 5.92 Å². The summed E-state index contributed by atoms with van der Waals surface area (Å²) in [6.07, 6.45) is 0.880. The fourth-order valence-electron chi connectivity index (χ4n) is 3.83. The number of benzene rings is 1. The van der Waals surface area contributed by atoms with Crippen molar-refractivity contribution in [3.8, 4) is 17.0 Å². The van der Waals surface area contributed by atoms with E-state index >= 15 is 0 Å². The molecule has 0 amide bonds. The number of aromatic nitrogens is 1. The first kappa shape index (κ1) is 22.9. The molecular weight excluding hydrogens is 403 g/mol. The van der Waals surface area contributed by atoms with E-state index in [9.17, 15) is 13.2 Å². The van der Waals surface area contributed by atoms with E-state index in [1.54, 1.807) is 19.2 Å². The molecule has 1 aliphatic heterocycles. The topological polar surface area (TPSA) is 51.4 Å². The predicted octanol–water partition coefficient (Wildman–Crippen LogP) is 5.13. The van der Waals surface area contributed by atoms with Gasteiger partial charge < -0.3 is 10.5 Å². The highest BCUT2D eigenvalue weighted by atomic mass is 19.3. The molecule has 2 aromatic rings. The van der Waals surface area contributed by atoms with Crippen LogP contribution in [0.15, 0.2) is 37.4 Å². The van der Waals surface area contributed by atoms with E-state index in [1.165, 1.54) is 11.0 Å². The van der Waals surface area contributed by atoms with E-state index in [0.717, 1.165) is 23.6 Å². The van der Waals surface area contributed by atoms with Crippen molar-refractivity contribution >= 4 is 11.3 Å². The highest BCUT2D eigenvalue weighted by Crippen LogP contribution is 2.38. The molecular formula is C24H28F3N3O. The van der Waals surface area contributed by atoms with Gasteiger partial charge in [-0.25, -0.2) is 18.2 Å². The van der Waals surface area contributed by atoms with Crippen molar-refractivity contribution in [3.05, 3.63) is 60.1 Å². The summed E-state index contributed by atoms with van der Waals surface area (Å²) in [5, 5.41) is 0. The fraction of sp³-hybridized carbons (Fsp3) is 0.375. The number of alkyl halides is 2. The first-order valence-electron chi connectivity index (χ1n) is 10.1. The van der Waals surface area contributed by atoms with E-state index in [-0.39, 0.29) is 24.2 Å². The number of fused-ring (bicyclic) bond motifs is 1. The molecule has 1 atom stereocenters. The monoisotopic (exact) mass is 431 g/mol. The summed E-state index contributed by atoms with van der Waals surface area (Å²) >= 11 is 0. The maximum atomic E-state index is 15.0. The lowest BCUT2D eigenvalue weighted by atomic mass is 9.92. The van der Waals surface area contributed by atoms with E-state index in [4.69, 9.17) is 10.5 Å². The van der Waals surface area contributed by atoms with Crippen LogP contribution >= 0.6 is 0 Å². The van der Waals surface area contributed by atoms with Gasteiger partial charge >= 0.3 is 0 Å². The van der Waals surface area contributed by atoms with Crippen molar-refractivity contribution in [2.24, 2.45) is 5.73 Å². The third kappa shape index (κ3) is 5.47. The molecule has 166 valence electrons. The van der Waals surface area contributed by atoms with Crippen molar-refractivity contribution in [1.29, 1.82) is 0 Å². The lowest BCUT2D eigenvalue weighted by Crippen LogP contribution is -2.40. The van der Waals surface area contributed by atoms with Crippen LogP contribution in [-0.4, -0.2) is 42.0 Å². The van der Waals surface area contributed by atoms with Crippen LogP contribution in [0.4, 0.5) is 13.2 Å². The van der Waals surface area contributed by atoms with Gasteiger partial charge in [0.1, 0.15) is 11.9 Å². The average molecular weight is 432 g/mol. The minimum absolute atomic E-state index is 0.233. The van der Waals surface area contributed by atoms with Gasteiger partial charge in [0.05, 0.1) is 17.9 Å². The van der Waals surface area contributed by atoms with Crippen LogP contribution in [0.3, 0.4) is 0 Å². The summed E-state index contributed by atoms with van der Waals surface area (Å²) < 4.78 is 47.6. The van der Waals surface area contributed by atoms with Crippen LogP contribution in [0.25, 0.3) is 22.4 Å². The van der Waals surface area contributed by atoms with Crippen LogP contribution < -0.4 is 10.5 Å². The molecule has 0 saturated carbocycles. The molecule has 31 heavy (non-hydrogen) atoms. The number of ether oxygens (including phenoxy) is 1. The van der Waals surface area contributed by atoms with Crippen LogP contribution in [0.1, 0.15) is 37.1 Å². The lowest BCUT2D eigenvalue weighted by molar-refractivity contribution is -0.0166. The van der Waals surface area contributed by atoms with E-state index in [1.807, 2.05) is 13.0 Å². The first-order valence-corrected chi connectivity index (χ1v) is 10.1. The average Bonchev–Trinajstić information content (AvgIpc) is 2.65. The zero-order chi connectivity index (χ0) is 22.9. The van der Waals surface area contributed by atoms with Crippen molar-refractivity contribution < 1.29 is 17.9 Å². The molecule has 0 saturated heterocycles. The van der Waals surface area contributed by atoms with Crippen molar-refractivity contribution in [1.82, 2.24) is 9.88 Å². The summed E-state index contributed by atoms with van der Waals surface area (Å²) in [5.74, 6) is -2.82. The zero-order valence-corrected chi connectivity index (χ0v) is 18.1. The highest BCUT2D eigenvalue weighted by molar-refractivity contribution is 5.76. The smallest absolute Gasteiger partial charge is 0.257 e. The summed E-state index contributed by atoms with van der Waals surface area (Å²) in [6, 6.07) is 6.69. The van der Waals surface area contributed by atoms with Gasteiger partial charge in [-0.2, -0.15) is 0 Å². The van der Waals surface area contributed by atoms with E-state index in [0.29, 0.717) is 42.1 Å². The van der Waals surface area contributed by atoms with Gasteiger partial charge in [-0.1, -0.05) is 30.9 Å². The van der Waals surface area contributed by atoms with Gasteiger partial charge in [0.25, 0.3) is 5.92 Å². The quantitative estimate of drug-likeness (QED) is 0.660. The van der Waals surface area contributed by atoms with Gasteiger partial charge in [0.15, 0.2) is 0 Å². The normalized spacial score (nSPS) is 16.0. The Bertz CT molecular complexity index is 1010. The van der Waals surface area contributed by atoms with Crippen molar-refractivity contribution in [2.75, 3.05) is 20.1 Å². The standard InChI is InChI=1S/C24H28F3N3O/c1-14(2)16-6-8-18(21(25)10-16)20-11-22(15(3)28)29-23-19(20)9-7-17(31-23)12-30(5)13-24(4,26)27/h6,8,10-11,17H,1,3,7,9,12-13,28H2,2,4-5H3/t17-/m1/s1. The molecule has 0 bridgehead atoms. The van der Waals surface area contributed by atoms with Crippen molar-refractivity contribution in [3.63, 3.8) is 0 Å². The zero-order valence-electron chi connectivity index (χ0n) is 18.1. The summed E-state index contributed by atoms with van der Waals surface area (Å²) in [7, 11) is 1.63. The molecule has 1 aliphatic rings. The Balaban J connectivity index is 1.95. The molecule has 2 N–H and O–H groups in total. The molecule has 0 unspecified atom stereocenters. The lowest BCUT2D eigenvalue weighted by Gasteiger charge is -2.31. The SMILES string of the molecule is C=C(C)c1ccc(-c2cc(C(=C)N)nc3c2CC[C@H](CN(C)CC(C)(F)F)O3)c(F)c1. The van der Waals surface area contributed by atoms with Gasteiger partial charge in [-0.15, -0.1) is 0 Å². The molecule has 2 heterocycles. The number of rotatable bonds is 7. The summed E-state index contributed by atoms with van der Waals surface area (Å²) in [6.45, 7) is 10.3. The Labute approximate surface area is 181 Å². The van der Waals surface area contributed by atoms with Gasteiger partial charge in [0, 0.05) is 24.6 Å². The molecule has 0 fully saturated rings. The minimum atomic E-state index is -2.79. The number of hydrogen-bond donors (Lipinski definition) is 1. The maximum Gasteiger partial charge on any atom is 0.257 e. The van der Waals surface area contributed by atoms with Gasteiger partial charge in [0.2, 0.25) is 5.88 Å². The second kappa shape index (κ2) is 8.75. The second-order valence-electron chi connectivity index (χ2n) is 8.38. The Kier molecular flexibility index (Phi) is 6.46. The Morgan fingerprint density at radius 1 is 1.29 bits per heavy atom.